The van der Waals surface area contributed by atoms with E-state index in [1.54, 1.807) is 7.11 Å². The Balaban J connectivity index is 1.77. The second kappa shape index (κ2) is 6.58. The SMILES string of the molecule is COCC1CCCN(Cc2nc(N)c3cc(C)ccc3n2)C1. The molecule has 2 heterocycles. The summed E-state index contributed by atoms with van der Waals surface area (Å²) in [7, 11) is 1.77. The summed E-state index contributed by atoms with van der Waals surface area (Å²) >= 11 is 0. The number of methoxy groups -OCH3 is 1. The van der Waals surface area contributed by atoms with Crippen LogP contribution in [-0.4, -0.2) is 41.7 Å². The highest BCUT2D eigenvalue weighted by Gasteiger charge is 2.20. The molecule has 0 amide bonds. The summed E-state index contributed by atoms with van der Waals surface area (Å²) in [5.41, 5.74) is 8.22. The molecule has 3 rings (SSSR count). The van der Waals surface area contributed by atoms with Crippen LogP contribution in [0.1, 0.15) is 24.2 Å². The molecule has 1 aromatic carbocycles. The topological polar surface area (TPSA) is 64.3 Å². The van der Waals surface area contributed by atoms with Crippen molar-refractivity contribution in [2.75, 3.05) is 32.5 Å². The van der Waals surface area contributed by atoms with E-state index in [4.69, 9.17) is 10.5 Å². The summed E-state index contributed by atoms with van der Waals surface area (Å²) < 4.78 is 5.29. The first-order valence-electron chi connectivity index (χ1n) is 7.90. The van der Waals surface area contributed by atoms with E-state index < -0.39 is 0 Å². The van der Waals surface area contributed by atoms with Gasteiger partial charge in [0.05, 0.1) is 18.7 Å². The highest BCUT2D eigenvalue weighted by atomic mass is 16.5. The monoisotopic (exact) mass is 300 g/mol. The maximum absolute atomic E-state index is 6.12. The fourth-order valence-corrected chi connectivity index (χ4v) is 3.25. The summed E-state index contributed by atoms with van der Waals surface area (Å²) in [5.74, 6) is 2.00. The van der Waals surface area contributed by atoms with Gasteiger partial charge >= 0.3 is 0 Å². The molecule has 2 N–H and O–H groups in total. The minimum atomic E-state index is 0.578. The lowest BCUT2D eigenvalue weighted by Crippen LogP contribution is -2.37. The van der Waals surface area contributed by atoms with Crippen LogP contribution in [0.2, 0.25) is 0 Å². The number of benzene rings is 1. The molecule has 2 aromatic rings. The number of aryl methyl sites for hydroxylation is 1. The van der Waals surface area contributed by atoms with Gasteiger partial charge in [0, 0.05) is 19.0 Å². The third-order valence-corrected chi connectivity index (χ3v) is 4.30. The number of nitrogens with zero attached hydrogens (tertiary/aromatic N) is 3. The zero-order valence-electron chi connectivity index (χ0n) is 13.4. The summed E-state index contributed by atoms with van der Waals surface area (Å²) in [6.45, 7) is 5.78. The lowest BCUT2D eigenvalue weighted by molar-refractivity contribution is 0.0862. The predicted octanol–water partition coefficient (Wildman–Crippen LogP) is 2.38. The zero-order valence-corrected chi connectivity index (χ0v) is 13.4. The fourth-order valence-electron chi connectivity index (χ4n) is 3.25. The van der Waals surface area contributed by atoms with Gasteiger partial charge in [0.1, 0.15) is 11.6 Å². The molecule has 0 radical (unpaired) electrons. The number of hydrogen-bond acceptors (Lipinski definition) is 5. The van der Waals surface area contributed by atoms with Gasteiger partial charge in [-0.2, -0.15) is 0 Å². The van der Waals surface area contributed by atoms with Crippen molar-refractivity contribution >= 4 is 16.7 Å². The van der Waals surface area contributed by atoms with E-state index in [1.807, 2.05) is 12.1 Å². The van der Waals surface area contributed by atoms with Crippen molar-refractivity contribution in [3.63, 3.8) is 0 Å². The molecule has 1 fully saturated rings. The van der Waals surface area contributed by atoms with Crippen molar-refractivity contribution in [3.8, 4) is 0 Å². The first-order chi connectivity index (χ1) is 10.7. The molecule has 0 spiro atoms. The van der Waals surface area contributed by atoms with Gasteiger partial charge in [-0.1, -0.05) is 11.6 Å². The smallest absolute Gasteiger partial charge is 0.145 e. The van der Waals surface area contributed by atoms with Gasteiger partial charge in [-0.15, -0.1) is 0 Å². The minimum Gasteiger partial charge on any atom is -0.384 e. The lowest BCUT2D eigenvalue weighted by atomic mass is 9.99. The van der Waals surface area contributed by atoms with Crippen LogP contribution in [0.15, 0.2) is 18.2 Å². The summed E-state index contributed by atoms with van der Waals surface area (Å²) in [6, 6.07) is 6.13. The molecule has 1 aromatic heterocycles. The number of piperidine rings is 1. The molecule has 118 valence electrons. The van der Waals surface area contributed by atoms with Crippen molar-refractivity contribution in [1.29, 1.82) is 0 Å². The number of fused-ring (bicyclic) bond motifs is 1. The van der Waals surface area contributed by atoms with Crippen LogP contribution in [-0.2, 0) is 11.3 Å². The zero-order chi connectivity index (χ0) is 15.5. The van der Waals surface area contributed by atoms with Crippen LogP contribution in [0.25, 0.3) is 10.9 Å². The third-order valence-electron chi connectivity index (χ3n) is 4.30. The van der Waals surface area contributed by atoms with E-state index in [2.05, 4.69) is 27.9 Å². The maximum Gasteiger partial charge on any atom is 0.145 e. The number of rotatable bonds is 4. The number of hydrogen-bond donors (Lipinski definition) is 1. The van der Waals surface area contributed by atoms with Gasteiger partial charge in [-0.3, -0.25) is 4.90 Å². The minimum absolute atomic E-state index is 0.578. The van der Waals surface area contributed by atoms with Crippen molar-refractivity contribution in [1.82, 2.24) is 14.9 Å². The largest absolute Gasteiger partial charge is 0.384 e. The van der Waals surface area contributed by atoms with Gasteiger partial charge in [0.25, 0.3) is 0 Å². The third kappa shape index (κ3) is 3.36. The number of nitrogens with two attached hydrogens (primary N) is 1. The van der Waals surface area contributed by atoms with Crippen LogP contribution < -0.4 is 5.73 Å². The Morgan fingerprint density at radius 2 is 2.23 bits per heavy atom. The highest BCUT2D eigenvalue weighted by Crippen LogP contribution is 2.22. The molecule has 0 bridgehead atoms. The Labute approximate surface area is 131 Å². The molecule has 1 saturated heterocycles. The molecule has 1 aliphatic heterocycles. The predicted molar refractivity (Wildman–Crippen MR) is 88.6 cm³/mol. The maximum atomic E-state index is 6.12. The van der Waals surface area contributed by atoms with Crippen LogP contribution in [0.4, 0.5) is 5.82 Å². The number of nitrogen functional groups attached to an aromatic ring is 1. The summed E-state index contributed by atoms with van der Waals surface area (Å²) in [5, 5.41) is 0.944. The van der Waals surface area contributed by atoms with Gasteiger partial charge in [-0.05, 0) is 44.4 Å². The second-order valence-corrected chi connectivity index (χ2v) is 6.24. The first kappa shape index (κ1) is 15.2. The molecule has 1 atom stereocenters. The van der Waals surface area contributed by atoms with Crippen molar-refractivity contribution < 1.29 is 4.74 Å². The average molecular weight is 300 g/mol. The van der Waals surface area contributed by atoms with E-state index in [1.165, 1.54) is 18.4 Å². The molecule has 0 saturated carbocycles. The Morgan fingerprint density at radius 1 is 1.36 bits per heavy atom. The van der Waals surface area contributed by atoms with Crippen molar-refractivity contribution in [2.24, 2.45) is 5.92 Å². The second-order valence-electron chi connectivity index (χ2n) is 6.24. The van der Waals surface area contributed by atoms with E-state index in [0.29, 0.717) is 11.7 Å². The van der Waals surface area contributed by atoms with E-state index >= 15 is 0 Å². The number of ether oxygens (including phenoxy) is 1. The number of aromatic nitrogens is 2. The van der Waals surface area contributed by atoms with Crippen LogP contribution in [0.5, 0.6) is 0 Å². The highest BCUT2D eigenvalue weighted by molar-refractivity contribution is 5.88. The first-order valence-corrected chi connectivity index (χ1v) is 7.90. The Kier molecular flexibility index (Phi) is 4.55. The standard InChI is InChI=1S/C17H24N4O/c1-12-5-6-15-14(8-12)17(18)20-16(19-15)10-21-7-3-4-13(9-21)11-22-2/h5-6,8,13H,3-4,7,9-11H2,1-2H3,(H2,18,19,20). The van der Waals surface area contributed by atoms with Gasteiger partial charge in [0.2, 0.25) is 0 Å². The molecular weight excluding hydrogens is 276 g/mol. The van der Waals surface area contributed by atoms with E-state index in [9.17, 15) is 0 Å². The molecule has 22 heavy (non-hydrogen) atoms. The van der Waals surface area contributed by atoms with Gasteiger partial charge < -0.3 is 10.5 Å². The summed E-state index contributed by atoms with van der Waals surface area (Å²) in [4.78, 5) is 11.6. The Hall–Kier alpha value is -1.72. The fraction of sp³-hybridized carbons (Fsp3) is 0.529. The van der Waals surface area contributed by atoms with Crippen molar-refractivity contribution in [3.05, 3.63) is 29.6 Å². The molecule has 5 nitrogen and oxygen atoms in total. The quantitative estimate of drug-likeness (QED) is 0.939. The van der Waals surface area contributed by atoms with E-state index in [0.717, 1.165) is 43.0 Å². The van der Waals surface area contributed by atoms with Crippen molar-refractivity contribution in [2.45, 2.75) is 26.3 Å². The molecule has 0 aliphatic carbocycles. The number of likely N-dealkylation sites (tertiary alicyclic amines) is 1. The normalized spacial score (nSPS) is 19.6. The summed E-state index contributed by atoms with van der Waals surface area (Å²) in [6.07, 6.45) is 2.45. The van der Waals surface area contributed by atoms with E-state index in [-0.39, 0.29) is 0 Å². The lowest BCUT2D eigenvalue weighted by Gasteiger charge is -2.31. The molecule has 1 aliphatic rings. The molecule has 5 heteroatoms. The van der Waals surface area contributed by atoms with Crippen LogP contribution in [0, 0.1) is 12.8 Å². The number of anilines is 1. The van der Waals surface area contributed by atoms with Gasteiger partial charge in [-0.25, -0.2) is 9.97 Å². The molecule has 1 unspecified atom stereocenters. The Bertz CT molecular complexity index is 656. The van der Waals surface area contributed by atoms with Gasteiger partial charge in [0.15, 0.2) is 0 Å². The Morgan fingerprint density at radius 3 is 3.05 bits per heavy atom. The van der Waals surface area contributed by atoms with Crippen LogP contribution in [0.3, 0.4) is 0 Å². The average Bonchev–Trinajstić information content (AvgIpc) is 2.49. The van der Waals surface area contributed by atoms with Crippen LogP contribution >= 0.6 is 0 Å². The molecular formula is C17H24N4O.